The maximum absolute atomic E-state index is 12.6. The number of anilines is 1. The summed E-state index contributed by atoms with van der Waals surface area (Å²) in [5.74, 6) is -0.195. The first-order valence-electron chi connectivity index (χ1n) is 5.41. The highest BCUT2D eigenvalue weighted by molar-refractivity contribution is 9.10. The Morgan fingerprint density at radius 2 is 2.16 bits per heavy atom. The molecule has 1 aromatic carbocycles. The lowest BCUT2D eigenvalue weighted by atomic mass is 10.1. The first kappa shape index (κ1) is 15.6. The van der Waals surface area contributed by atoms with Gasteiger partial charge in [-0.2, -0.15) is 0 Å². The molecule has 0 saturated heterocycles. The highest BCUT2D eigenvalue weighted by Crippen LogP contribution is 2.28. The van der Waals surface area contributed by atoms with Gasteiger partial charge in [0, 0.05) is 16.7 Å². The lowest BCUT2D eigenvalue weighted by molar-refractivity contribution is 0.153. The van der Waals surface area contributed by atoms with Crippen LogP contribution in [0.1, 0.15) is 5.56 Å². The first-order chi connectivity index (χ1) is 9.01. The molecule has 19 heavy (non-hydrogen) atoms. The number of hydrogen-bond donors (Lipinski definition) is 3. The minimum Gasteiger partial charge on any atom is -0.409 e. The van der Waals surface area contributed by atoms with Crippen molar-refractivity contribution in [1.29, 1.82) is 0 Å². The molecular weight excluding hydrogens is 324 g/mol. The summed E-state index contributed by atoms with van der Waals surface area (Å²) in [7, 11) is 0. The van der Waals surface area contributed by atoms with Crippen molar-refractivity contribution in [3.05, 3.63) is 28.2 Å². The maximum atomic E-state index is 12.6. The lowest BCUT2D eigenvalue weighted by Gasteiger charge is -2.26. The number of halogens is 3. The molecule has 0 aromatic heterocycles. The van der Waals surface area contributed by atoms with Crippen LogP contribution in [0.5, 0.6) is 0 Å². The Bertz CT molecular complexity index is 458. The molecule has 0 aliphatic carbocycles. The van der Waals surface area contributed by atoms with Crippen molar-refractivity contribution in [2.24, 2.45) is 10.9 Å². The predicted octanol–water partition coefficient (Wildman–Crippen LogP) is 1.61. The fourth-order valence-corrected chi connectivity index (χ4v) is 2.24. The molecule has 0 spiro atoms. The number of hydrogen-bond acceptors (Lipinski definition) is 4. The Hall–Kier alpha value is -1.41. The van der Waals surface area contributed by atoms with E-state index in [0.717, 1.165) is 0 Å². The smallest absolute Gasteiger partial charge is 0.255 e. The van der Waals surface area contributed by atoms with Gasteiger partial charge in [0.2, 0.25) is 0 Å². The fraction of sp³-hybridized carbons (Fsp3) is 0.364. The van der Waals surface area contributed by atoms with Crippen LogP contribution >= 0.6 is 15.9 Å². The van der Waals surface area contributed by atoms with Gasteiger partial charge >= 0.3 is 0 Å². The third-order valence-electron chi connectivity index (χ3n) is 2.42. The third kappa shape index (κ3) is 4.03. The van der Waals surface area contributed by atoms with Gasteiger partial charge in [-0.1, -0.05) is 11.2 Å². The Morgan fingerprint density at radius 1 is 1.47 bits per heavy atom. The van der Waals surface area contributed by atoms with E-state index in [2.05, 4.69) is 21.1 Å². The largest absolute Gasteiger partial charge is 0.409 e. The fourth-order valence-electron chi connectivity index (χ4n) is 1.68. The van der Waals surface area contributed by atoms with Crippen LogP contribution in [0.2, 0.25) is 0 Å². The zero-order valence-electron chi connectivity index (χ0n) is 9.93. The van der Waals surface area contributed by atoms with E-state index < -0.39 is 13.0 Å². The highest BCUT2D eigenvalue weighted by Gasteiger charge is 2.19. The van der Waals surface area contributed by atoms with Gasteiger partial charge in [0.1, 0.15) is 0 Å². The van der Waals surface area contributed by atoms with E-state index in [4.69, 9.17) is 16.0 Å². The Balaban J connectivity index is 3.25. The number of amidine groups is 1. The summed E-state index contributed by atoms with van der Waals surface area (Å²) in [5, 5.41) is 20.6. The molecule has 106 valence electrons. The average Bonchev–Trinajstić information content (AvgIpc) is 2.36. The lowest BCUT2D eigenvalue weighted by Crippen LogP contribution is -2.33. The minimum atomic E-state index is -2.56. The summed E-state index contributed by atoms with van der Waals surface area (Å²) in [5.41, 5.74) is 6.22. The number of alkyl halides is 2. The van der Waals surface area contributed by atoms with Gasteiger partial charge in [0.05, 0.1) is 18.7 Å². The van der Waals surface area contributed by atoms with Gasteiger partial charge in [-0.05, 0) is 28.1 Å². The summed E-state index contributed by atoms with van der Waals surface area (Å²) in [6.07, 6.45) is -2.56. The molecule has 4 N–H and O–H groups in total. The second kappa shape index (κ2) is 7.25. The van der Waals surface area contributed by atoms with Crippen molar-refractivity contribution in [3.8, 4) is 0 Å². The molecule has 1 rings (SSSR count). The van der Waals surface area contributed by atoms with Crippen LogP contribution in [0.15, 0.2) is 27.8 Å². The zero-order valence-corrected chi connectivity index (χ0v) is 11.5. The number of nitrogens with zero attached hydrogens (tertiary/aromatic N) is 2. The molecule has 0 amide bonds. The maximum Gasteiger partial charge on any atom is 0.255 e. The van der Waals surface area contributed by atoms with Crippen molar-refractivity contribution in [2.75, 3.05) is 24.6 Å². The summed E-state index contributed by atoms with van der Waals surface area (Å²) in [4.78, 5) is 1.28. The topological polar surface area (TPSA) is 82.1 Å². The van der Waals surface area contributed by atoms with Gasteiger partial charge in [-0.3, -0.25) is 0 Å². The quantitative estimate of drug-likeness (QED) is 0.319. The molecule has 5 nitrogen and oxygen atoms in total. The molecule has 0 radical (unpaired) electrons. The Kier molecular flexibility index (Phi) is 5.97. The second-order valence-corrected chi connectivity index (χ2v) is 4.53. The predicted molar refractivity (Wildman–Crippen MR) is 72.0 cm³/mol. The molecular formula is C11H14BrF2N3O2. The van der Waals surface area contributed by atoms with Crippen LogP contribution in [0.4, 0.5) is 14.5 Å². The van der Waals surface area contributed by atoms with Crippen LogP contribution in [-0.2, 0) is 0 Å². The Labute approximate surface area is 117 Å². The number of aliphatic hydroxyl groups excluding tert-OH is 1. The number of rotatable bonds is 6. The van der Waals surface area contributed by atoms with E-state index in [0.29, 0.717) is 15.7 Å². The molecule has 1 aromatic rings. The number of nitrogens with two attached hydrogens (primary N) is 1. The van der Waals surface area contributed by atoms with Crippen LogP contribution in [0, 0.1) is 0 Å². The molecule has 0 aliphatic heterocycles. The molecule has 0 saturated carbocycles. The Morgan fingerprint density at radius 3 is 2.68 bits per heavy atom. The van der Waals surface area contributed by atoms with Crippen LogP contribution in [0.25, 0.3) is 0 Å². The van der Waals surface area contributed by atoms with E-state index in [1.165, 1.54) is 4.90 Å². The molecule has 8 heteroatoms. The highest BCUT2D eigenvalue weighted by atomic mass is 79.9. The average molecular weight is 338 g/mol. The van der Waals surface area contributed by atoms with E-state index >= 15 is 0 Å². The van der Waals surface area contributed by atoms with Crippen molar-refractivity contribution < 1.29 is 19.1 Å². The molecule has 0 heterocycles. The standard InChI is InChI=1S/C11H14BrF2N3O2/c12-7-2-1-3-8(10(7)11(15)16-19)17(4-5-18)6-9(13)14/h1-3,9,18-19H,4-6H2,(H2,15,16). The van der Waals surface area contributed by atoms with Gasteiger partial charge < -0.3 is 20.9 Å². The normalized spacial score (nSPS) is 11.9. The van der Waals surface area contributed by atoms with Gasteiger partial charge in [0.15, 0.2) is 5.84 Å². The van der Waals surface area contributed by atoms with Crippen molar-refractivity contribution in [1.82, 2.24) is 0 Å². The van der Waals surface area contributed by atoms with Crippen LogP contribution in [0.3, 0.4) is 0 Å². The van der Waals surface area contributed by atoms with Crippen molar-refractivity contribution in [3.63, 3.8) is 0 Å². The molecule has 0 aliphatic rings. The van der Waals surface area contributed by atoms with Gasteiger partial charge in [-0.25, -0.2) is 8.78 Å². The summed E-state index contributed by atoms with van der Waals surface area (Å²) in [6, 6.07) is 4.86. The van der Waals surface area contributed by atoms with E-state index in [1.54, 1.807) is 18.2 Å². The van der Waals surface area contributed by atoms with Crippen LogP contribution < -0.4 is 10.6 Å². The molecule has 0 unspecified atom stereocenters. The van der Waals surface area contributed by atoms with Crippen LogP contribution in [-0.4, -0.2) is 42.3 Å². The molecule has 0 bridgehead atoms. The summed E-state index contributed by atoms with van der Waals surface area (Å²) < 4.78 is 25.6. The summed E-state index contributed by atoms with van der Waals surface area (Å²) >= 11 is 3.23. The molecule has 0 fully saturated rings. The van der Waals surface area contributed by atoms with E-state index in [9.17, 15) is 8.78 Å². The van der Waals surface area contributed by atoms with E-state index in [1.807, 2.05) is 0 Å². The second-order valence-electron chi connectivity index (χ2n) is 3.68. The SMILES string of the molecule is N/C(=N/O)c1c(Br)cccc1N(CCO)CC(F)F. The first-order valence-corrected chi connectivity index (χ1v) is 6.21. The number of aliphatic hydroxyl groups is 1. The van der Waals surface area contributed by atoms with Crippen molar-refractivity contribution >= 4 is 27.5 Å². The van der Waals surface area contributed by atoms with Crippen molar-refractivity contribution in [2.45, 2.75) is 6.43 Å². The monoisotopic (exact) mass is 337 g/mol. The van der Waals surface area contributed by atoms with Gasteiger partial charge in [0.25, 0.3) is 6.43 Å². The molecule has 0 atom stereocenters. The van der Waals surface area contributed by atoms with Gasteiger partial charge in [-0.15, -0.1) is 0 Å². The van der Waals surface area contributed by atoms with E-state index in [-0.39, 0.29) is 19.0 Å². The third-order valence-corrected chi connectivity index (χ3v) is 3.09. The number of oxime groups is 1. The zero-order chi connectivity index (χ0) is 14.4. The summed E-state index contributed by atoms with van der Waals surface area (Å²) in [6.45, 7) is -0.815. The number of benzene rings is 1. The minimum absolute atomic E-state index is 0.0203.